The van der Waals surface area contributed by atoms with Gasteiger partial charge in [0.15, 0.2) is 0 Å². The van der Waals surface area contributed by atoms with Gasteiger partial charge in [0, 0.05) is 26.2 Å². The number of ether oxygens (including phenoxy) is 1. The smallest absolute Gasteiger partial charge is 0.0824 e. The summed E-state index contributed by atoms with van der Waals surface area (Å²) in [5.74, 6) is 0.940. The van der Waals surface area contributed by atoms with Gasteiger partial charge in [0.1, 0.15) is 0 Å². The van der Waals surface area contributed by atoms with Crippen LogP contribution >= 0.6 is 24.8 Å². The summed E-state index contributed by atoms with van der Waals surface area (Å²) in [7, 11) is 0. The van der Waals surface area contributed by atoms with Crippen molar-refractivity contribution in [1.29, 1.82) is 0 Å². The van der Waals surface area contributed by atoms with E-state index in [4.69, 9.17) is 10.5 Å². The van der Waals surface area contributed by atoms with Gasteiger partial charge in [-0.15, -0.1) is 24.8 Å². The fraction of sp³-hybridized carbons (Fsp3) is 1.00. The lowest BCUT2D eigenvalue weighted by Gasteiger charge is -2.35. The normalized spacial score (nSPS) is 27.0. The predicted molar refractivity (Wildman–Crippen MR) is 76.3 cm³/mol. The van der Waals surface area contributed by atoms with E-state index in [-0.39, 0.29) is 30.9 Å². The van der Waals surface area contributed by atoms with Gasteiger partial charge in [-0.3, -0.25) is 4.90 Å². The van der Waals surface area contributed by atoms with Crippen molar-refractivity contribution in [2.24, 2.45) is 11.7 Å². The second kappa shape index (κ2) is 9.40. The van der Waals surface area contributed by atoms with E-state index in [1.54, 1.807) is 0 Å². The second-order valence-corrected chi connectivity index (χ2v) is 4.99. The van der Waals surface area contributed by atoms with Crippen LogP contribution in [0, 0.1) is 5.92 Å². The number of nitrogens with zero attached hydrogens (tertiary/aromatic N) is 1. The molecule has 2 rings (SSSR count). The highest BCUT2D eigenvalue weighted by molar-refractivity contribution is 5.85. The molecule has 1 saturated heterocycles. The van der Waals surface area contributed by atoms with E-state index in [2.05, 4.69) is 4.90 Å². The van der Waals surface area contributed by atoms with Crippen molar-refractivity contribution in [3.05, 3.63) is 0 Å². The first-order chi connectivity index (χ1) is 7.38. The van der Waals surface area contributed by atoms with Crippen molar-refractivity contribution in [1.82, 2.24) is 4.90 Å². The first-order valence-electron chi connectivity index (χ1n) is 6.42. The van der Waals surface area contributed by atoms with Crippen molar-refractivity contribution in [3.63, 3.8) is 0 Å². The molecule has 0 aromatic carbocycles. The molecule has 0 spiro atoms. The van der Waals surface area contributed by atoms with E-state index in [0.717, 1.165) is 25.6 Å². The van der Waals surface area contributed by atoms with Crippen molar-refractivity contribution >= 4 is 24.8 Å². The van der Waals surface area contributed by atoms with Gasteiger partial charge in [0.2, 0.25) is 0 Å². The third kappa shape index (κ3) is 5.75. The van der Waals surface area contributed by atoms with Gasteiger partial charge >= 0.3 is 0 Å². The second-order valence-electron chi connectivity index (χ2n) is 4.99. The summed E-state index contributed by atoms with van der Waals surface area (Å²) in [5.41, 5.74) is 5.65. The molecule has 1 unspecified atom stereocenters. The Morgan fingerprint density at radius 1 is 1.12 bits per heavy atom. The maximum Gasteiger partial charge on any atom is 0.0824 e. The lowest BCUT2D eigenvalue weighted by molar-refractivity contribution is -0.0292. The topological polar surface area (TPSA) is 38.5 Å². The number of nitrogens with two attached hydrogens (primary N) is 1. The van der Waals surface area contributed by atoms with E-state index < -0.39 is 0 Å². The minimum Gasteiger partial charge on any atom is -0.374 e. The molecule has 0 bridgehead atoms. The average molecular weight is 285 g/mol. The summed E-state index contributed by atoms with van der Waals surface area (Å²) in [4.78, 5) is 2.55. The highest BCUT2D eigenvalue weighted by Gasteiger charge is 2.22. The lowest BCUT2D eigenvalue weighted by atomic mass is 9.89. The van der Waals surface area contributed by atoms with Gasteiger partial charge in [-0.05, 0) is 18.8 Å². The molecule has 2 fully saturated rings. The van der Waals surface area contributed by atoms with Gasteiger partial charge in [0.25, 0.3) is 0 Å². The predicted octanol–water partition coefficient (Wildman–Crippen LogP) is 2.07. The summed E-state index contributed by atoms with van der Waals surface area (Å²) >= 11 is 0. The molecule has 0 amide bonds. The summed E-state index contributed by atoms with van der Waals surface area (Å²) in [6.45, 7) is 4.97. The maximum atomic E-state index is 5.65. The zero-order valence-electron chi connectivity index (χ0n) is 10.5. The Morgan fingerprint density at radius 2 is 1.82 bits per heavy atom. The van der Waals surface area contributed by atoms with Crippen LogP contribution in [-0.4, -0.2) is 43.8 Å². The molecule has 2 aliphatic rings. The zero-order chi connectivity index (χ0) is 10.5. The van der Waals surface area contributed by atoms with Crippen LogP contribution in [0.1, 0.15) is 32.1 Å². The van der Waals surface area contributed by atoms with Crippen LogP contribution in [0.4, 0.5) is 0 Å². The number of morpholine rings is 1. The Balaban J connectivity index is 0.00000128. The van der Waals surface area contributed by atoms with Crippen molar-refractivity contribution in [3.8, 4) is 0 Å². The lowest BCUT2D eigenvalue weighted by Crippen LogP contribution is -2.47. The fourth-order valence-electron chi connectivity index (χ4n) is 2.82. The Labute approximate surface area is 117 Å². The first-order valence-corrected chi connectivity index (χ1v) is 6.42. The summed E-state index contributed by atoms with van der Waals surface area (Å²) in [5, 5.41) is 0. The van der Waals surface area contributed by atoms with Gasteiger partial charge in [-0.25, -0.2) is 0 Å². The third-order valence-electron chi connectivity index (χ3n) is 3.73. The Kier molecular flexibility index (Phi) is 9.65. The summed E-state index contributed by atoms with van der Waals surface area (Å²) < 4.78 is 5.58. The molecule has 1 aliphatic heterocycles. The Morgan fingerprint density at radius 3 is 2.47 bits per heavy atom. The molecular weight excluding hydrogens is 259 g/mol. The molecule has 2 N–H and O–H groups in total. The zero-order valence-corrected chi connectivity index (χ0v) is 12.1. The van der Waals surface area contributed by atoms with Gasteiger partial charge < -0.3 is 10.5 Å². The van der Waals surface area contributed by atoms with E-state index >= 15 is 0 Å². The molecule has 104 valence electrons. The molecular formula is C12H26Cl2N2O. The van der Waals surface area contributed by atoms with Crippen LogP contribution < -0.4 is 5.73 Å². The highest BCUT2D eigenvalue weighted by atomic mass is 35.5. The van der Waals surface area contributed by atoms with E-state index in [0.29, 0.717) is 6.54 Å². The van der Waals surface area contributed by atoms with Gasteiger partial charge in [0.05, 0.1) is 12.7 Å². The van der Waals surface area contributed by atoms with Crippen LogP contribution in [0.15, 0.2) is 0 Å². The number of rotatable bonds is 3. The molecule has 0 aromatic rings. The molecule has 5 heteroatoms. The monoisotopic (exact) mass is 284 g/mol. The van der Waals surface area contributed by atoms with Crippen LogP contribution in [0.25, 0.3) is 0 Å². The SMILES string of the molecule is Cl.Cl.NCC1CN(CC2CCCCC2)CCO1. The standard InChI is InChI=1S/C12H24N2O.2ClH/c13-8-12-10-14(6-7-15-12)9-11-4-2-1-3-5-11;;/h11-12H,1-10,13H2;2*1H. The Bertz CT molecular complexity index is 189. The summed E-state index contributed by atoms with van der Waals surface area (Å²) in [6.07, 6.45) is 7.48. The molecule has 0 radical (unpaired) electrons. The average Bonchev–Trinajstić information content (AvgIpc) is 2.31. The number of hydrogen-bond acceptors (Lipinski definition) is 3. The van der Waals surface area contributed by atoms with Crippen molar-refractivity contribution in [2.75, 3.05) is 32.8 Å². The molecule has 1 saturated carbocycles. The van der Waals surface area contributed by atoms with Crippen LogP contribution in [0.5, 0.6) is 0 Å². The van der Waals surface area contributed by atoms with Crippen molar-refractivity contribution in [2.45, 2.75) is 38.2 Å². The Hall–Kier alpha value is 0.460. The third-order valence-corrected chi connectivity index (χ3v) is 3.73. The summed E-state index contributed by atoms with van der Waals surface area (Å²) in [6, 6.07) is 0. The van der Waals surface area contributed by atoms with E-state index in [1.807, 2.05) is 0 Å². The quantitative estimate of drug-likeness (QED) is 0.862. The minimum atomic E-state index is 0. The molecule has 3 nitrogen and oxygen atoms in total. The van der Waals surface area contributed by atoms with Crippen LogP contribution in [0.3, 0.4) is 0 Å². The number of hydrogen-bond donors (Lipinski definition) is 1. The number of halogens is 2. The van der Waals surface area contributed by atoms with E-state index in [1.165, 1.54) is 38.6 Å². The highest BCUT2D eigenvalue weighted by Crippen LogP contribution is 2.24. The minimum absolute atomic E-state index is 0. The molecule has 17 heavy (non-hydrogen) atoms. The van der Waals surface area contributed by atoms with Crippen LogP contribution in [0.2, 0.25) is 0 Å². The maximum absolute atomic E-state index is 5.65. The molecule has 1 atom stereocenters. The molecule has 0 aromatic heterocycles. The van der Waals surface area contributed by atoms with Crippen molar-refractivity contribution < 1.29 is 4.74 Å². The van der Waals surface area contributed by atoms with Gasteiger partial charge in [-0.2, -0.15) is 0 Å². The first kappa shape index (κ1) is 17.5. The van der Waals surface area contributed by atoms with Crippen LogP contribution in [-0.2, 0) is 4.74 Å². The molecule has 1 heterocycles. The van der Waals surface area contributed by atoms with E-state index in [9.17, 15) is 0 Å². The molecule has 1 aliphatic carbocycles. The largest absolute Gasteiger partial charge is 0.374 e. The fourth-order valence-corrected chi connectivity index (χ4v) is 2.82. The van der Waals surface area contributed by atoms with Gasteiger partial charge in [-0.1, -0.05) is 19.3 Å².